The summed E-state index contributed by atoms with van der Waals surface area (Å²) in [5.41, 5.74) is 3.87. The van der Waals surface area contributed by atoms with Gasteiger partial charge in [0.2, 0.25) is 0 Å². The van der Waals surface area contributed by atoms with Crippen LogP contribution in [0.25, 0.3) is 0 Å². The first-order chi connectivity index (χ1) is 13.1. The highest BCUT2D eigenvalue weighted by Gasteiger charge is 2.10. The molecule has 0 fully saturated rings. The van der Waals surface area contributed by atoms with Crippen molar-refractivity contribution in [3.63, 3.8) is 0 Å². The number of hydrazone groups is 1. The summed E-state index contributed by atoms with van der Waals surface area (Å²) in [6.45, 7) is 0.0631. The van der Waals surface area contributed by atoms with Crippen LogP contribution in [0.3, 0.4) is 0 Å². The summed E-state index contributed by atoms with van der Waals surface area (Å²) in [4.78, 5) is 11.9. The minimum absolute atomic E-state index is 0.0631. The van der Waals surface area contributed by atoms with E-state index < -0.39 is 0 Å². The lowest BCUT2D eigenvalue weighted by Gasteiger charge is -2.11. The molecule has 0 aliphatic rings. The number of amides is 1. The lowest BCUT2D eigenvalue weighted by Crippen LogP contribution is -2.25. The summed E-state index contributed by atoms with van der Waals surface area (Å²) in [7, 11) is 6.20. The maximum atomic E-state index is 11.9. The van der Waals surface area contributed by atoms with Crippen molar-refractivity contribution in [2.24, 2.45) is 5.10 Å². The van der Waals surface area contributed by atoms with E-state index in [1.54, 1.807) is 32.4 Å². The van der Waals surface area contributed by atoms with Crippen molar-refractivity contribution >= 4 is 17.8 Å². The van der Waals surface area contributed by atoms with Gasteiger partial charge in [-0.05, 0) is 18.2 Å². The van der Waals surface area contributed by atoms with Gasteiger partial charge in [-0.25, -0.2) is 5.43 Å². The van der Waals surface area contributed by atoms with Gasteiger partial charge in [0.25, 0.3) is 5.91 Å². The molecule has 27 heavy (non-hydrogen) atoms. The van der Waals surface area contributed by atoms with Gasteiger partial charge in [-0.1, -0.05) is 6.07 Å². The lowest BCUT2D eigenvalue weighted by atomic mass is 10.2. The van der Waals surface area contributed by atoms with E-state index in [2.05, 4.69) is 15.8 Å². The SMILES string of the molecule is COc1cccc(NCC(=O)N/N=C\c2cc(OC)c(OC)cc2OC)c1. The fraction of sp³-hybridized carbons (Fsp3) is 0.263. The van der Waals surface area contributed by atoms with Gasteiger partial charge in [-0.3, -0.25) is 4.79 Å². The number of hydrogen-bond donors (Lipinski definition) is 2. The molecule has 0 radical (unpaired) electrons. The van der Waals surface area contributed by atoms with Gasteiger partial charge in [0.15, 0.2) is 11.5 Å². The molecule has 8 nitrogen and oxygen atoms in total. The minimum atomic E-state index is -0.298. The normalized spacial score (nSPS) is 10.4. The third-order valence-corrected chi connectivity index (χ3v) is 3.65. The number of rotatable bonds is 9. The Kier molecular flexibility index (Phi) is 7.30. The molecule has 0 heterocycles. The molecule has 0 spiro atoms. The fourth-order valence-electron chi connectivity index (χ4n) is 2.28. The monoisotopic (exact) mass is 373 g/mol. The average Bonchev–Trinajstić information content (AvgIpc) is 2.71. The zero-order valence-corrected chi connectivity index (χ0v) is 15.7. The summed E-state index contributed by atoms with van der Waals surface area (Å²) in [5.74, 6) is 2.02. The highest BCUT2D eigenvalue weighted by atomic mass is 16.5. The standard InChI is InChI=1S/C19H23N3O5/c1-24-15-7-5-6-14(9-15)20-12-19(23)22-21-11-13-8-17(26-3)18(27-4)10-16(13)25-2/h5-11,20H,12H2,1-4H3,(H,22,23)/b21-11-. The summed E-state index contributed by atoms with van der Waals surface area (Å²) in [6.07, 6.45) is 1.48. The summed E-state index contributed by atoms with van der Waals surface area (Å²) in [5, 5.41) is 6.96. The van der Waals surface area contributed by atoms with Crippen LogP contribution in [0.5, 0.6) is 23.0 Å². The molecule has 2 rings (SSSR count). The number of nitrogens with one attached hydrogen (secondary N) is 2. The zero-order valence-electron chi connectivity index (χ0n) is 15.7. The fourth-order valence-corrected chi connectivity index (χ4v) is 2.28. The molecular weight excluding hydrogens is 350 g/mol. The number of carbonyl (C=O) groups is 1. The average molecular weight is 373 g/mol. The maximum absolute atomic E-state index is 11.9. The Bertz CT molecular complexity index is 808. The molecule has 0 aliphatic carbocycles. The van der Waals surface area contributed by atoms with Gasteiger partial charge in [0, 0.05) is 23.4 Å². The zero-order chi connectivity index (χ0) is 19.6. The summed E-state index contributed by atoms with van der Waals surface area (Å²) < 4.78 is 20.9. The van der Waals surface area contributed by atoms with Crippen LogP contribution in [0.15, 0.2) is 41.5 Å². The van der Waals surface area contributed by atoms with E-state index >= 15 is 0 Å². The predicted molar refractivity (Wildman–Crippen MR) is 103 cm³/mol. The van der Waals surface area contributed by atoms with Crippen LogP contribution >= 0.6 is 0 Å². The van der Waals surface area contributed by atoms with Gasteiger partial charge in [-0.15, -0.1) is 0 Å². The van der Waals surface area contributed by atoms with Gasteiger partial charge in [0.1, 0.15) is 11.5 Å². The number of methoxy groups -OCH3 is 4. The molecule has 0 bridgehead atoms. The van der Waals surface area contributed by atoms with Crippen molar-refractivity contribution in [3.8, 4) is 23.0 Å². The molecule has 2 aromatic carbocycles. The molecule has 8 heteroatoms. The highest BCUT2D eigenvalue weighted by Crippen LogP contribution is 2.33. The minimum Gasteiger partial charge on any atom is -0.497 e. The lowest BCUT2D eigenvalue weighted by molar-refractivity contribution is -0.119. The van der Waals surface area contributed by atoms with Crippen molar-refractivity contribution in [1.82, 2.24) is 5.43 Å². The molecule has 144 valence electrons. The van der Waals surface area contributed by atoms with Crippen LogP contribution in [-0.2, 0) is 4.79 Å². The van der Waals surface area contributed by atoms with E-state index in [1.807, 2.05) is 18.2 Å². The second kappa shape index (κ2) is 9.91. The third kappa shape index (κ3) is 5.53. The molecule has 0 saturated heterocycles. The van der Waals surface area contributed by atoms with Crippen molar-refractivity contribution in [1.29, 1.82) is 0 Å². The topological polar surface area (TPSA) is 90.4 Å². The van der Waals surface area contributed by atoms with E-state index in [1.165, 1.54) is 20.4 Å². The van der Waals surface area contributed by atoms with E-state index in [4.69, 9.17) is 18.9 Å². The second-order valence-electron chi connectivity index (χ2n) is 5.33. The number of anilines is 1. The Balaban J connectivity index is 1.96. The number of hydrogen-bond acceptors (Lipinski definition) is 7. The van der Waals surface area contributed by atoms with Gasteiger partial charge in [-0.2, -0.15) is 5.10 Å². The first kappa shape index (κ1) is 19.9. The molecule has 0 aliphatic heterocycles. The van der Waals surface area contributed by atoms with Crippen LogP contribution in [0.4, 0.5) is 5.69 Å². The third-order valence-electron chi connectivity index (χ3n) is 3.65. The van der Waals surface area contributed by atoms with Crippen LogP contribution in [-0.4, -0.2) is 47.1 Å². The molecule has 0 unspecified atom stereocenters. The first-order valence-electron chi connectivity index (χ1n) is 8.11. The Morgan fingerprint density at radius 2 is 1.67 bits per heavy atom. The Labute approximate surface area is 158 Å². The van der Waals surface area contributed by atoms with E-state index in [-0.39, 0.29) is 12.5 Å². The molecule has 2 N–H and O–H groups in total. The largest absolute Gasteiger partial charge is 0.497 e. The van der Waals surface area contributed by atoms with Crippen LogP contribution in [0, 0.1) is 0 Å². The Hall–Kier alpha value is -3.42. The van der Waals surface area contributed by atoms with Crippen molar-refractivity contribution in [3.05, 3.63) is 42.0 Å². The van der Waals surface area contributed by atoms with E-state index in [0.29, 0.717) is 28.6 Å². The second-order valence-corrected chi connectivity index (χ2v) is 5.33. The number of nitrogens with zero attached hydrogens (tertiary/aromatic N) is 1. The highest BCUT2D eigenvalue weighted by molar-refractivity contribution is 5.87. The Morgan fingerprint density at radius 1 is 0.963 bits per heavy atom. The first-order valence-corrected chi connectivity index (χ1v) is 8.11. The van der Waals surface area contributed by atoms with Gasteiger partial charge in [0.05, 0.1) is 41.2 Å². The number of benzene rings is 2. The smallest absolute Gasteiger partial charge is 0.259 e. The molecule has 2 aromatic rings. The van der Waals surface area contributed by atoms with Crippen LogP contribution < -0.4 is 29.7 Å². The van der Waals surface area contributed by atoms with Crippen LogP contribution in [0.2, 0.25) is 0 Å². The van der Waals surface area contributed by atoms with Crippen molar-refractivity contribution in [2.45, 2.75) is 0 Å². The molecular formula is C19H23N3O5. The summed E-state index contributed by atoms with van der Waals surface area (Å²) >= 11 is 0. The number of carbonyl (C=O) groups excluding carboxylic acids is 1. The maximum Gasteiger partial charge on any atom is 0.259 e. The molecule has 0 atom stereocenters. The molecule has 1 amide bonds. The van der Waals surface area contributed by atoms with Crippen LogP contribution in [0.1, 0.15) is 5.56 Å². The van der Waals surface area contributed by atoms with E-state index in [9.17, 15) is 4.79 Å². The Morgan fingerprint density at radius 3 is 2.33 bits per heavy atom. The van der Waals surface area contributed by atoms with Crippen molar-refractivity contribution < 1.29 is 23.7 Å². The quantitative estimate of drug-likeness (QED) is 0.518. The van der Waals surface area contributed by atoms with Crippen molar-refractivity contribution in [2.75, 3.05) is 40.3 Å². The molecule has 0 aromatic heterocycles. The van der Waals surface area contributed by atoms with E-state index in [0.717, 1.165) is 5.69 Å². The molecule has 0 saturated carbocycles. The van der Waals surface area contributed by atoms with Gasteiger partial charge < -0.3 is 24.3 Å². The summed E-state index contributed by atoms with van der Waals surface area (Å²) in [6, 6.07) is 10.7. The van der Waals surface area contributed by atoms with Gasteiger partial charge >= 0.3 is 0 Å². The number of ether oxygens (including phenoxy) is 4. The predicted octanol–water partition coefficient (Wildman–Crippen LogP) is 2.28.